The maximum absolute atomic E-state index is 6.13. The van der Waals surface area contributed by atoms with Crippen LogP contribution < -0.4 is 0 Å². The Morgan fingerprint density at radius 1 is 0.882 bits per heavy atom. The zero-order chi connectivity index (χ0) is 12.3. The topological polar surface area (TPSA) is 9.23 Å². The second-order valence-corrected chi connectivity index (χ2v) is 7.94. The van der Waals surface area contributed by atoms with Crippen molar-refractivity contribution in [2.24, 2.45) is 22.7 Å². The highest BCUT2D eigenvalue weighted by Crippen LogP contribution is 2.64. The summed E-state index contributed by atoms with van der Waals surface area (Å²) in [6.07, 6.45) is 8.27. The number of fused-ring (bicyclic) bond motifs is 3. The molecule has 0 spiro atoms. The van der Waals surface area contributed by atoms with E-state index in [1.807, 2.05) is 0 Å². The molecule has 0 amide bonds. The highest BCUT2D eigenvalue weighted by atomic mass is 16.5. The molecule has 3 aliphatic rings. The van der Waals surface area contributed by atoms with Crippen molar-refractivity contribution in [1.82, 2.24) is 0 Å². The lowest BCUT2D eigenvalue weighted by Gasteiger charge is -2.60. The molecule has 1 saturated heterocycles. The van der Waals surface area contributed by atoms with E-state index < -0.39 is 0 Å². The molecule has 2 saturated carbocycles. The van der Waals surface area contributed by atoms with Crippen molar-refractivity contribution in [3.05, 3.63) is 0 Å². The Balaban J connectivity index is 1.98. The third kappa shape index (κ3) is 1.54. The molecule has 3 rings (SSSR count). The predicted molar refractivity (Wildman–Crippen MR) is 70.9 cm³/mol. The van der Waals surface area contributed by atoms with Crippen LogP contribution >= 0.6 is 0 Å². The Bertz CT molecular complexity index is 317. The summed E-state index contributed by atoms with van der Waals surface area (Å²) in [7, 11) is 0. The lowest BCUT2D eigenvalue weighted by Crippen LogP contribution is -2.55. The highest BCUT2D eigenvalue weighted by molar-refractivity contribution is 5.09. The van der Waals surface area contributed by atoms with E-state index in [2.05, 4.69) is 27.7 Å². The third-order valence-corrected chi connectivity index (χ3v) is 6.58. The zero-order valence-corrected chi connectivity index (χ0v) is 12.0. The molecule has 1 unspecified atom stereocenters. The molecule has 1 heteroatoms. The predicted octanol–water partition coefficient (Wildman–Crippen LogP) is 4.41. The summed E-state index contributed by atoms with van der Waals surface area (Å²) in [5, 5.41) is 0. The van der Waals surface area contributed by atoms with Gasteiger partial charge in [0.15, 0.2) is 0 Å². The van der Waals surface area contributed by atoms with Crippen molar-refractivity contribution < 1.29 is 4.74 Å². The SMILES string of the molecule is CC1(C)CCC[C@]2(C)C3CCO[C@]3(C)CC[C@@H]12. The van der Waals surface area contributed by atoms with Crippen LogP contribution in [0.3, 0.4) is 0 Å². The van der Waals surface area contributed by atoms with Crippen molar-refractivity contribution in [1.29, 1.82) is 0 Å². The van der Waals surface area contributed by atoms with E-state index in [-0.39, 0.29) is 5.60 Å². The van der Waals surface area contributed by atoms with Crippen LogP contribution in [0, 0.1) is 22.7 Å². The smallest absolute Gasteiger partial charge is 0.0688 e. The quantitative estimate of drug-likeness (QED) is 0.605. The summed E-state index contributed by atoms with van der Waals surface area (Å²) < 4.78 is 6.13. The number of ether oxygens (including phenoxy) is 1. The van der Waals surface area contributed by atoms with E-state index in [0.717, 1.165) is 18.4 Å². The molecular weight excluding hydrogens is 208 g/mol. The number of hydrogen-bond acceptors (Lipinski definition) is 1. The number of rotatable bonds is 0. The van der Waals surface area contributed by atoms with Gasteiger partial charge >= 0.3 is 0 Å². The summed E-state index contributed by atoms with van der Waals surface area (Å²) >= 11 is 0. The van der Waals surface area contributed by atoms with Crippen LogP contribution in [0.15, 0.2) is 0 Å². The fourth-order valence-electron chi connectivity index (χ4n) is 5.82. The van der Waals surface area contributed by atoms with E-state index in [0.29, 0.717) is 10.8 Å². The maximum Gasteiger partial charge on any atom is 0.0688 e. The van der Waals surface area contributed by atoms with E-state index in [4.69, 9.17) is 4.74 Å². The van der Waals surface area contributed by atoms with Gasteiger partial charge in [0.05, 0.1) is 5.60 Å². The van der Waals surface area contributed by atoms with Crippen molar-refractivity contribution in [3.8, 4) is 0 Å². The van der Waals surface area contributed by atoms with Gasteiger partial charge in [0, 0.05) is 6.61 Å². The van der Waals surface area contributed by atoms with Gasteiger partial charge in [0.1, 0.15) is 0 Å². The van der Waals surface area contributed by atoms with E-state index in [9.17, 15) is 0 Å². The van der Waals surface area contributed by atoms with Crippen LogP contribution in [0.25, 0.3) is 0 Å². The van der Waals surface area contributed by atoms with Crippen LogP contribution in [0.5, 0.6) is 0 Å². The van der Waals surface area contributed by atoms with Crippen molar-refractivity contribution in [2.75, 3.05) is 6.61 Å². The Labute approximate surface area is 106 Å². The van der Waals surface area contributed by atoms with Crippen LogP contribution in [0.2, 0.25) is 0 Å². The molecule has 3 fully saturated rings. The largest absolute Gasteiger partial charge is 0.375 e. The Hall–Kier alpha value is -0.0400. The minimum atomic E-state index is 0.207. The Kier molecular flexibility index (Phi) is 2.47. The Morgan fingerprint density at radius 3 is 2.41 bits per heavy atom. The molecule has 2 aliphatic carbocycles. The van der Waals surface area contributed by atoms with Gasteiger partial charge in [0.2, 0.25) is 0 Å². The summed E-state index contributed by atoms with van der Waals surface area (Å²) in [5.74, 6) is 1.73. The molecule has 0 radical (unpaired) electrons. The van der Waals surface area contributed by atoms with Gasteiger partial charge in [-0.05, 0) is 61.7 Å². The average Bonchev–Trinajstić information content (AvgIpc) is 2.60. The van der Waals surface area contributed by atoms with Crippen LogP contribution in [0.4, 0.5) is 0 Å². The normalized spacial score (nSPS) is 52.9. The molecule has 17 heavy (non-hydrogen) atoms. The molecule has 1 nitrogen and oxygen atoms in total. The Morgan fingerprint density at radius 2 is 1.65 bits per heavy atom. The zero-order valence-electron chi connectivity index (χ0n) is 12.0. The molecule has 0 aromatic heterocycles. The van der Waals surface area contributed by atoms with Gasteiger partial charge in [-0.1, -0.05) is 27.2 Å². The first-order chi connectivity index (χ1) is 7.89. The second-order valence-electron chi connectivity index (χ2n) is 7.94. The van der Waals surface area contributed by atoms with Gasteiger partial charge in [-0.15, -0.1) is 0 Å². The molecule has 0 bridgehead atoms. The van der Waals surface area contributed by atoms with Crippen LogP contribution in [0.1, 0.15) is 66.2 Å². The lowest BCUT2D eigenvalue weighted by atomic mass is 9.46. The molecule has 0 N–H and O–H groups in total. The van der Waals surface area contributed by atoms with E-state index in [1.165, 1.54) is 38.5 Å². The number of hydrogen-bond donors (Lipinski definition) is 0. The maximum atomic E-state index is 6.13. The first-order valence-electron chi connectivity index (χ1n) is 7.52. The second kappa shape index (κ2) is 3.50. The van der Waals surface area contributed by atoms with Gasteiger partial charge in [0.25, 0.3) is 0 Å². The fourth-order valence-corrected chi connectivity index (χ4v) is 5.82. The first kappa shape index (κ1) is 12.0. The van der Waals surface area contributed by atoms with Crippen molar-refractivity contribution in [2.45, 2.75) is 71.8 Å². The van der Waals surface area contributed by atoms with Crippen LogP contribution in [-0.4, -0.2) is 12.2 Å². The summed E-state index contributed by atoms with van der Waals surface area (Å²) in [6.45, 7) is 11.0. The van der Waals surface area contributed by atoms with E-state index in [1.54, 1.807) is 0 Å². The summed E-state index contributed by atoms with van der Waals surface area (Å²) in [4.78, 5) is 0. The summed E-state index contributed by atoms with van der Waals surface area (Å²) in [6, 6.07) is 0. The highest BCUT2D eigenvalue weighted by Gasteiger charge is 2.60. The molecule has 1 aliphatic heterocycles. The van der Waals surface area contributed by atoms with Crippen molar-refractivity contribution in [3.63, 3.8) is 0 Å². The van der Waals surface area contributed by atoms with Gasteiger partial charge in [-0.2, -0.15) is 0 Å². The van der Waals surface area contributed by atoms with Gasteiger partial charge in [-0.3, -0.25) is 0 Å². The fraction of sp³-hybridized carbons (Fsp3) is 1.00. The molecule has 0 aromatic rings. The lowest BCUT2D eigenvalue weighted by molar-refractivity contribution is -0.147. The summed E-state index contributed by atoms with van der Waals surface area (Å²) in [5.41, 5.74) is 1.31. The molecule has 1 heterocycles. The monoisotopic (exact) mass is 236 g/mol. The van der Waals surface area contributed by atoms with Crippen molar-refractivity contribution >= 4 is 0 Å². The average molecular weight is 236 g/mol. The minimum Gasteiger partial charge on any atom is -0.375 e. The van der Waals surface area contributed by atoms with E-state index >= 15 is 0 Å². The first-order valence-corrected chi connectivity index (χ1v) is 7.52. The standard InChI is InChI=1S/C16H28O/c1-14(2)8-5-9-15(3)12(14)6-10-16(4)13(15)7-11-17-16/h12-13H,5-11H2,1-4H3/t12-,13?,15-,16+/m0/s1. The third-order valence-electron chi connectivity index (χ3n) is 6.58. The molecule has 0 aromatic carbocycles. The molecular formula is C16H28O. The molecule has 98 valence electrons. The van der Waals surface area contributed by atoms with Gasteiger partial charge in [-0.25, -0.2) is 0 Å². The molecule has 4 atom stereocenters. The van der Waals surface area contributed by atoms with Gasteiger partial charge < -0.3 is 4.74 Å². The van der Waals surface area contributed by atoms with Crippen LogP contribution in [-0.2, 0) is 4.74 Å². The minimum absolute atomic E-state index is 0.207.